The van der Waals surface area contributed by atoms with Crippen LogP contribution in [0.25, 0.3) is 0 Å². The third kappa shape index (κ3) is 4.66. The largest absolute Gasteiger partial charge is 0.465 e. The first kappa shape index (κ1) is 23.4. The van der Waals surface area contributed by atoms with Gasteiger partial charge in [0.15, 0.2) is 5.78 Å². The van der Waals surface area contributed by atoms with Gasteiger partial charge in [0.2, 0.25) is 10.0 Å². The predicted molar refractivity (Wildman–Crippen MR) is 117 cm³/mol. The van der Waals surface area contributed by atoms with Crippen LogP contribution in [0.15, 0.2) is 47.4 Å². The van der Waals surface area contributed by atoms with Gasteiger partial charge in [-0.25, -0.2) is 18.0 Å². The Labute approximate surface area is 186 Å². The summed E-state index contributed by atoms with van der Waals surface area (Å²) in [6, 6.07) is 10.8. The summed E-state index contributed by atoms with van der Waals surface area (Å²) in [5.74, 6) is -1.55. The first-order valence-electron chi connectivity index (χ1n) is 9.86. The molecule has 0 aromatic heterocycles. The number of rotatable bonds is 6. The zero-order valence-electron chi connectivity index (χ0n) is 18.0. The lowest BCUT2D eigenvalue weighted by Crippen LogP contribution is -2.49. The molecule has 0 saturated carbocycles. The van der Waals surface area contributed by atoms with E-state index in [1.807, 2.05) is 17.0 Å². The van der Waals surface area contributed by atoms with E-state index in [0.29, 0.717) is 18.7 Å². The van der Waals surface area contributed by atoms with Crippen molar-refractivity contribution in [3.05, 3.63) is 59.2 Å². The predicted octanol–water partition coefficient (Wildman–Crippen LogP) is 1.97. The van der Waals surface area contributed by atoms with Crippen LogP contribution in [0, 0.1) is 0 Å². The Morgan fingerprint density at radius 1 is 0.812 bits per heavy atom. The van der Waals surface area contributed by atoms with Crippen LogP contribution in [0.2, 0.25) is 0 Å². The van der Waals surface area contributed by atoms with Crippen LogP contribution in [0.5, 0.6) is 0 Å². The number of hydrogen-bond acceptors (Lipinski definition) is 8. The highest BCUT2D eigenvalue weighted by Gasteiger charge is 2.33. The van der Waals surface area contributed by atoms with E-state index in [4.69, 9.17) is 4.74 Å². The number of carbonyl (C=O) groups excluding carboxylic acids is 3. The minimum atomic E-state index is -4.08. The van der Waals surface area contributed by atoms with E-state index in [9.17, 15) is 22.8 Å². The Kier molecular flexibility index (Phi) is 6.95. The number of Topliss-reactive ketones (excluding diaryl/α,β-unsaturated/α-hetero) is 1. The van der Waals surface area contributed by atoms with Crippen LogP contribution >= 0.6 is 0 Å². The molecule has 1 fully saturated rings. The number of ketones is 1. The molecule has 170 valence electrons. The van der Waals surface area contributed by atoms with Gasteiger partial charge in [0.25, 0.3) is 0 Å². The minimum absolute atomic E-state index is 0.0166. The van der Waals surface area contributed by atoms with Gasteiger partial charge in [-0.05, 0) is 49.4 Å². The number of esters is 2. The molecule has 1 heterocycles. The first-order valence-corrected chi connectivity index (χ1v) is 11.3. The van der Waals surface area contributed by atoms with Crippen molar-refractivity contribution in [3.63, 3.8) is 0 Å². The van der Waals surface area contributed by atoms with E-state index < -0.39 is 22.0 Å². The molecule has 3 rings (SSSR count). The summed E-state index contributed by atoms with van der Waals surface area (Å²) in [4.78, 5) is 37.3. The standard InChI is InChI=1S/C22H24N2O7S/c1-15(25)16-4-7-18(8-5-16)23-10-12-24(13-11-23)32(28,29)20-14-17(21(26)30-2)6-9-19(20)22(27)31-3/h4-9,14H,10-13H2,1-3H3. The van der Waals surface area contributed by atoms with Crippen LogP contribution in [0.4, 0.5) is 5.69 Å². The molecule has 0 aliphatic carbocycles. The number of ether oxygens (including phenoxy) is 2. The fourth-order valence-corrected chi connectivity index (χ4v) is 5.12. The molecule has 9 nitrogen and oxygen atoms in total. The molecule has 0 amide bonds. The molecular formula is C22H24N2O7S. The fraction of sp³-hybridized carbons (Fsp3) is 0.318. The van der Waals surface area contributed by atoms with E-state index in [1.165, 1.54) is 30.5 Å². The van der Waals surface area contributed by atoms with Crippen LogP contribution < -0.4 is 4.90 Å². The van der Waals surface area contributed by atoms with Crippen LogP contribution in [-0.2, 0) is 19.5 Å². The number of methoxy groups -OCH3 is 2. The molecule has 0 N–H and O–H groups in total. The third-order valence-corrected chi connectivity index (χ3v) is 7.24. The van der Waals surface area contributed by atoms with Crippen LogP contribution in [0.3, 0.4) is 0 Å². The van der Waals surface area contributed by atoms with Gasteiger partial charge in [-0.2, -0.15) is 4.31 Å². The van der Waals surface area contributed by atoms with Crippen LogP contribution in [0.1, 0.15) is 38.0 Å². The topological polar surface area (TPSA) is 110 Å². The third-order valence-electron chi connectivity index (χ3n) is 5.30. The Bertz CT molecular complexity index is 1140. The lowest BCUT2D eigenvalue weighted by molar-refractivity contribution is 0.0583. The van der Waals surface area contributed by atoms with Gasteiger partial charge >= 0.3 is 11.9 Å². The lowest BCUT2D eigenvalue weighted by atomic mass is 10.1. The second kappa shape index (κ2) is 9.49. The molecule has 1 saturated heterocycles. The number of benzene rings is 2. The molecule has 2 aromatic carbocycles. The maximum absolute atomic E-state index is 13.4. The molecule has 0 unspecified atom stereocenters. The Balaban J connectivity index is 1.85. The highest BCUT2D eigenvalue weighted by molar-refractivity contribution is 7.89. The quantitative estimate of drug-likeness (QED) is 0.475. The van der Waals surface area contributed by atoms with Crippen molar-refractivity contribution in [2.45, 2.75) is 11.8 Å². The van der Waals surface area contributed by atoms with Crippen molar-refractivity contribution < 1.29 is 32.3 Å². The summed E-state index contributed by atoms with van der Waals surface area (Å²) in [7, 11) is -1.74. The van der Waals surface area contributed by atoms with Gasteiger partial charge in [0.05, 0.1) is 30.2 Å². The average molecular weight is 461 g/mol. The summed E-state index contributed by atoms with van der Waals surface area (Å²) in [6.07, 6.45) is 0. The maximum Gasteiger partial charge on any atom is 0.339 e. The van der Waals surface area contributed by atoms with Gasteiger partial charge in [-0.1, -0.05) is 0 Å². The molecule has 1 aliphatic heterocycles. The molecule has 0 atom stereocenters. The van der Waals surface area contributed by atoms with E-state index in [-0.39, 0.29) is 34.9 Å². The molecule has 0 spiro atoms. The molecule has 32 heavy (non-hydrogen) atoms. The van der Waals surface area contributed by atoms with E-state index in [1.54, 1.807) is 12.1 Å². The lowest BCUT2D eigenvalue weighted by Gasteiger charge is -2.35. The summed E-state index contributed by atoms with van der Waals surface area (Å²) < 4.78 is 37.4. The maximum atomic E-state index is 13.4. The first-order chi connectivity index (χ1) is 15.2. The SMILES string of the molecule is COC(=O)c1ccc(C(=O)OC)c(S(=O)(=O)N2CCN(c3ccc(C(C)=O)cc3)CC2)c1. The van der Waals surface area contributed by atoms with Gasteiger partial charge in [0.1, 0.15) is 0 Å². The normalized spacial score (nSPS) is 14.7. The second-order valence-corrected chi connectivity index (χ2v) is 9.09. The Morgan fingerprint density at radius 3 is 1.91 bits per heavy atom. The highest BCUT2D eigenvalue weighted by atomic mass is 32.2. The number of carbonyl (C=O) groups is 3. The highest BCUT2D eigenvalue weighted by Crippen LogP contribution is 2.26. The Hall–Kier alpha value is -3.24. The monoisotopic (exact) mass is 460 g/mol. The van der Waals surface area contributed by atoms with Crippen LogP contribution in [-0.4, -0.2) is 70.8 Å². The zero-order valence-corrected chi connectivity index (χ0v) is 18.8. The number of sulfonamides is 1. The van der Waals surface area contributed by atoms with Crippen molar-refractivity contribution >= 4 is 33.4 Å². The van der Waals surface area contributed by atoms with Crippen molar-refractivity contribution in [1.82, 2.24) is 4.31 Å². The van der Waals surface area contributed by atoms with E-state index >= 15 is 0 Å². The van der Waals surface area contributed by atoms with Crippen molar-refractivity contribution in [1.29, 1.82) is 0 Å². The van der Waals surface area contributed by atoms with E-state index in [2.05, 4.69) is 4.74 Å². The van der Waals surface area contributed by atoms with Gasteiger partial charge in [-0.15, -0.1) is 0 Å². The molecular weight excluding hydrogens is 436 g/mol. The average Bonchev–Trinajstić information content (AvgIpc) is 2.82. The molecule has 0 bridgehead atoms. The number of nitrogens with zero attached hydrogens (tertiary/aromatic N) is 2. The smallest absolute Gasteiger partial charge is 0.339 e. The number of anilines is 1. The second-order valence-electron chi connectivity index (χ2n) is 7.19. The number of hydrogen-bond donors (Lipinski definition) is 0. The Morgan fingerprint density at radius 2 is 1.38 bits per heavy atom. The molecule has 0 radical (unpaired) electrons. The van der Waals surface area contributed by atoms with Gasteiger partial charge in [0, 0.05) is 37.4 Å². The summed E-state index contributed by atoms with van der Waals surface area (Å²) in [6.45, 7) is 2.70. The van der Waals surface area contributed by atoms with Crippen molar-refractivity contribution in [2.24, 2.45) is 0 Å². The summed E-state index contributed by atoms with van der Waals surface area (Å²) in [5.41, 5.74) is 1.36. The molecule has 1 aliphatic rings. The molecule has 10 heteroatoms. The van der Waals surface area contributed by atoms with Gasteiger partial charge in [-0.3, -0.25) is 4.79 Å². The fourth-order valence-electron chi connectivity index (χ4n) is 3.49. The van der Waals surface area contributed by atoms with Crippen molar-refractivity contribution in [3.8, 4) is 0 Å². The van der Waals surface area contributed by atoms with Crippen molar-refractivity contribution in [2.75, 3.05) is 45.3 Å². The van der Waals surface area contributed by atoms with Gasteiger partial charge < -0.3 is 14.4 Å². The van der Waals surface area contributed by atoms with E-state index in [0.717, 1.165) is 18.9 Å². The number of piperazine rings is 1. The summed E-state index contributed by atoms with van der Waals surface area (Å²) in [5, 5.41) is 0. The minimum Gasteiger partial charge on any atom is -0.465 e. The summed E-state index contributed by atoms with van der Waals surface area (Å²) >= 11 is 0. The zero-order chi connectivity index (χ0) is 23.5. The molecule has 2 aromatic rings.